The highest BCUT2D eigenvalue weighted by Gasteiger charge is 2.37. The van der Waals surface area contributed by atoms with Crippen molar-refractivity contribution in [2.75, 3.05) is 11.8 Å². The first-order valence-electron chi connectivity index (χ1n) is 8.16. The fourth-order valence-electron chi connectivity index (χ4n) is 3.25. The number of anilines is 1. The van der Waals surface area contributed by atoms with Crippen molar-refractivity contribution in [3.63, 3.8) is 0 Å². The molecule has 9 heteroatoms. The van der Waals surface area contributed by atoms with Crippen molar-refractivity contribution in [1.29, 1.82) is 0 Å². The molecule has 3 aromatic rings. The van der Waals surface area contributed by atoms with E-state index in [9.17, 15) is 17.2 Å². The highest BCUT2D eigenvalue weighted by molar-refractivity contribution is 7.90. The van der Waals surface area contributed by atoms with Crippen LogP contribution in [-0.2, 0) is 16.1 Å². The third-order valence-electron chi connectivity index (χ3n) is 4.63. The molecule has 140 valence electrons. The second-order valence-electron chi connectivity index (χ2n) is 6.50. The Bertz CT molecular complexity index is 1130. The van der Waals surface area contributed by atoms with Gasteiger partial charge in [0.05, 0.1) is 17.2 Å². The lowest BCUT2D eigenvalue weighted by Crippen LogP contribution is -2.40. The van der Waals surface area contributed by atoms with E-state index in [0.717, 1.165) is 16.6 Å². The van der Waals surface area contributed by atoms with E-state index in [2.05, 4.69) is 14.7 Å². The lowest BCUT2D eigenvalue weighted by Gasteiger charge is -2.35. The molecule has 27 heavy (non-hydrogen) atoms. The summed E-state index contributed by atoms with van der Waals surface area (Å²) in [6.45, 7) is 0.767. The summed E-state index contributed by atoms with van der Waals surface area (Å²) in [7, 11) is -2.40. The molecule has 0 spiro atoms. The van der Waals surface area contributed by atoms with Gasteiger partial charge in [-0.3, -0.25) is 14.7 Å². The van der Waals surface area contributed by atoms with Gasteiger partial charge in [0, 0.05) is 37.3 Å². The van der Waals surface area contributed by atoms with Crippen molar-refractivity contribution in [2.45, 2.75) is 18.9 Å². The number of rotatable bonds is 2. The molecule has 1 unspecified atom stereocenters. The average molecular weight is 390 g/mol. The molecule has 2 aromatic heterocycles. The van der Waals surface area contributed by atoms with E-state index in [1.165, 1.54) is 25.4 Å². The maximum atomic E-state index is 13.5. The fraction of sp³-hybridized carbons (Fsp3) is 0.222. The first kappa shape index (κ1) is 17.7. The van der Waals surface area contributed by atoms with E-state index < -0.39 is 22.2 Å². The van der Waals surface area contributed by atoms with Gasteiger partial charge in [-0.05, 0) is 17.7 Å². The zero-order valence-electron chi connectivity index (χ0n) is 14.5. The maximum absolute atomic E-state index is 13.5. The van der Waals surface area contributed by atoms with Crippen LogP contribution in [0.3, 0.4) is 0 Å². The summed E-state index contributed by atoms with van der Waals surface area (Å²) in [5, 5.41) is 0.793. The zero-order chi connectivity index (χ0) is 19.4. The summed E-state index contributed by atoms with van der Waals surface area (Å²) in [4.78, 5) is 8.13. The van der Waals surface area contributed by atoms with E-state index in [-0.39, 0.29) is 5.69 Å². The number of hydrogen-bond acceptors (Lipinski definition) is 4. The Hall–Kier alpha value is -2.65. The number of fused-ring (bicyclic) bond motifs is 3. The van der Waals surface area contributed by atoms with Crippen LogP contribution in [0.1, 0.15) is 29.8 Å². The average Bonchev–Trinajstić information content (AvgIpc) is 2.62. The van der Waals surface area contributed by atoms with Gasteiger partial charge in [-0.25, -0.2) is 0 Å². The molecule has 0 fully saturated rings. The van der Waals surface area contributed by atoms with Crippen molar-refractivity contribution in [3.05, 3.63) is 65.6 Å². The highest BCUT2D eigenvalue weighted by Crippen LogP contribution is 2.42. The predicted molar refractivity (Wildman–Crippen MR) is 97.7 cm³/mol. The number of alkyl halides is 2. The van der Waals surface area contributed by atoms with Gasteiger partial charge in [-0.15, -0.1) is 0 Å². The Morgan fingerprint density at radius 1 is 1.15 bits per heavy atom. The van der Waals surface area contributed by atoms with E-state index in [0.29, 0.717) is 22.3 Å². The van der Waals surface area contributed by atoms with Crippen LogP contribution in [-0.4, -0.2) is 29.7 Å². The maximum Gasteiger partial charge on any atom is 0.302 e. The Balaban J connectivity index is 1.92. The summed E-state index contributed by atoms with van der Waals surface area (Å²) in [5.74, 6) is -3.07. The monoisotopic (exact) mass is 390 g/mol. The van der Waals surface area contributed by atoms with Crippen molar-refractivity contribution in [3.8, 4) is 0 Å². The molecule has 0 saturated heterocycles. The Kier molecular flexibility index (Phi) is 3.90. The minimum Gasteiger partial charge on any atom is -0.268 e. The molecule has 3 heterocycles. The van der Waals surface area contributed by atoms with E-state index >= 15 is 0 Å². The van der Waals surface area contributed by atoms with E-state index in [4.69, 9.17) is 0 Å². The molecule has 4 rings (SSSR count). The van der Waals surface area contributed by atoms with Crippen LogP contribution in [0, 0.1) is 0 Å². The Labute approximate surface area is 155 Å². The number of nitrogens with one attached hydrogen (secondary N) is 1. The minimum absolute atomic E-state index is 0.369. The molecule has 0 bridgehead atoms. The molecule has 0 radical (unpaired) electrons. The van der Waals surface area contributed by atoms with Gasteiger partial charge in [-0.1, -0.05) is 24.3 Å². The third-order valence-corrected chi connectivity index (χ3v) is 6.06. The number of nitrogens with zero attached hydrogens (tertiary/aromatic N) is 3. The topological polar surface area (TPSA) is 75.2 Å². The van der Waals surface area contributed by atoms with Crippen LogP contribution in [0.15, 0.2) is 48.8 Å². The molecule has 1 aromatic carbocycles. The smallest absolute Gasteiger partial charge is 0.268 e. The number of pyridine rings is 2. The van der Waals surface area contributed by atoms with Crippen LogP contribution >= 0.6 is 0 Å². The van der Waals surface area contributed by atoms with Gasteiger partial charge in [0.25, 0.3) is 5.92 Å². The van der Waals surface area contributed by atoms with E-state index in [1.807, 2.05) is 18.2 Å². The fourth-order valence-corrected chi connectivity index (χ4v) is 4.38. The molecular formula is C18H16F2N4O2S. The summed E-state index contributed by atoms with van der Waals surface area (Å²) in [6, 6.07) is 9.26. The van der Waals surface area contributed by atoms with Crippen LogP contribution in [0.5, 0.6) is 0 Å². The summed E-state index contributed by atoms with van der Waals surface area (Å²) >= 11 is 0. The number of halogens is 2. The first-order valence-corrected chi connectivity index (χ1v) is 9.60. The Morgan fingerprint density at radius 2 is 1.93 bits per heavy atom. The second-order valence-corrected chi connectivity index (χ2v) is 8.23. The van der Waals surface area contributed by atoms with Crippen molar-refractivity contribution in [2.24, 2.45) is 0 Å². The molecule has 1 atom stereocenters. The summed E-state index contributed by atoms with van der Waals surface area (Å²) in [5.41, 5.74) is 1.72. The van der Waals surface area contributed by atoms with Gasteiger partial charge in [0.1, 0.15) is 5.69 Å². The lowest BCUT2D eigenvalue weighted by molar-refractivity contribution is 0.0127. The SMILES string of the molecule is CN1C(c2ccc(C(C)(F)F)nc2)c2ccc3cccnc3c2NS1(=O)=O. The first-order chi connectivity index (χ1) is 12.7. The molecule has 1 aliphatic heterocycles. The number of benzene rings is 1. The van der Waals surface area contributed by atoms with Crippen molar-refractivity contribution >= 4 is 26.8 Å². The second kappa shape index (κ2) is 5.93. The number of hydrogen-bond donors (Lipinski definition) is 1. The van der Waals surface area contributed by atoms with Gasteiger partial charge in [-0.2, -0.15) is 21.5 Å². The van der Waals surface area contributed by atoms with Gasteiger partial charge >= 0.3 is 10.2 Å². The van der Waals surface area contributed by atoms with Gasteiger partial charge in [0.15, 0.2) is 0 Å². The van der Waals surface area contributed by atoms with Gasteiger partial charge in [0.2, 0.25) is 0 Å². The lowest BCUT2D eigenvalue weighted by atomic mass is 9.96. The molecule has 0 amide bonds. The largest absolute Gasteiger partial charge is 0.302 e. The Morgan fingerprint density at radius 3 is 2.59 bits per heavy atom. The molecule has 1 aliphatic rings. The molecule has 0 aliphatic carbocycles. The normalized spacial score (nSPS) is 19.5. The third kappa shape index (κ3) is 2.92. The standard InChI is InChI=1S/C18H16F2N4O2S/c1-18(19,20)14-8-6-12(10-22-14)17-13-7-5-11-4-3-9-21-15(11)16(13)23-27(25,26)24(17)2/h3-10,17,23H,1-2H3. The quantitative estimate of drug-likeness (QED) is 0.727. The van der Waals surface area contributed by atoms with Crippen LogP contribution in [0.4, 0.5) is 14.5 Å². The molecule has 0 saturated carbocycles. The number of aromatic nitrogens is 2. The highest BCUT2D eigenvalue weighted by atomic mass is 32.2. The minimum atomic E-state index is -3.83. The van der Waals surface area contributed by atoms with E-state index in [1.54, 1.807) is 12.3 Å². The van der Waals surface area contributed by atoms with Crippen LogP contribution in [0.2, 0.25) is 0 Å². The van der Waals surface area contributed by atoms with Crippen molar-refractivity contribution in [1.82, 2.24) is 14.3 Å². The van der Waals surface area contributed by atoms with Crippen molar-refractivity contribution < 1.29 is 17.2 Å². The van der Waals surface area contributed by atoms with Gasteiger partial charge < -0.3 is 0 Å². The molecular weight excluding hydrogens is 374 g/mol. The van der Waals surface area contributed by atoms with Crippen LogP contribution in [0.25, 0.3) is 10.9 Å². The summed E-state index contributed by atoms with van der Waals surface area (Å²) in [6.07, 6.45) is 2.88. The predicted octanol–water partition coefficient (Wildman–Crippen LogP) is 3.43. The summed E-state index contributed by atoms with van der Waals surface area (Å²) < 4.78 is 55.9. The zero-order valence-corrected chi connectivity index (χ0v) is 15.3. The molecule has 6 nitrogen and oxygen atoms in total. The van der Waals surface area contributed by atoms with Crippen LogP contribution < -0.4 is 4.72 Å². The molecule has 1 N–H and O–H groups in total.